The lowest BCUT2D eigenvalue weighted by Gasteiger charge is -2.20. The van der Waals surface area contributed by atoms with Crippen LogP contribution in [0.2, 0.25) is 5.02 Å². The lowest BCUT2D eigenvalue weighted by Crippen LogP contribution is -2.30. The maximum Gasteiger partial charge on any atom is 0.141 e. The van der Waals surface area contributed by atoms with Crippen LogP contribution in [0.4, 0.5) is 4.39 Å². The lowest BCUT2D eigenvalue weighted by molar-refractivity contribution is 0.447. The van der Waals surface area contributed by atoms with Crippen LogP contribution in [-0.4, -0.2) is 6.04 Å². The summed E-state index contributed by atoms with van der Waals surface area (Å²) in [6, 6.07) is 7.03. The van der Waals surface area contributed by atoms with Crippen LogP contribution in [0.15, 0.2) is 18.2 Å². The Labute approximate surface area is 106 Å². The third-order valence-corrected chi connectivity index (χ3v) is 3.05. The monoisotopic (exact) mass is 254 g/mol. The first kappa shape index (κ1) is 14.0. The van der Waals surface area contributed by atoms with Gasteiger partial charge in [-0.1, -0.05) is 24.6 Å². The Kier molecular flexibility index (Phi) is 5.40. The van der Waals surface area contributed by atoms with E-state index in [1.807, 2.05) is 13.8 Å². The highest BCUT2D eigenvalue weighted by molar-refractivity contribution is 6.30. The fourth-order valence-corrected chi connectivity index (χ4v) is 1.85. The number of hydrogen-bond donors (Lipinski definition) is 1. The summed E-state index contributed by atoms with van der Waals surface area (Å²) in [6.07, 6.45) is 1.35. The zero-order valence-corrected chi connectivity index (χ0v) is 10.8. The number of nitrogens with zero attached hydrogens (tertiary/aromatic N) is 1. The highest BCUT2D eigenvalue weighted by atomic mass is 35.5. The van der Waals surface area contributed by atoms with Crippen molar-refractivity contribution >= 4 is 11.6 Å². The van der Waals surface area contributed by atoms with Gasteiger partial charge in [-0.15, -0.1) is 0 Å². The Morgan fingerprint density at radius 2 is 2.24 bits per heavy atom. The second-order valence-corrected chi connectivity index (χ2v) is 4.44. The van der Waals surface area contributed by atoms with Crippen LogP contribution in [0.3, 0.4) is 0 Å². The largest absolute Gasteiger partial charge is 0.306 e. The Hall–Kier alpha value is -1.11. The maximum absolute atomic E-state index is 13.0. The van der Waals surface area contributed by atoms with Crippen molar-refractivity contribution in [3.8, 4) is 6.07 Å². The zero-order chi connectivity index (χ0) is 12.8. The summed E-state index contributed by atoms with van der Waals surface area (Å²) in [4.78, 5) is 0. The third-order valence-electron chi connectivity index (χ3n) is 2.76. The molecule has 4 heteroatoms. The van der Waals surface area contributed by atoms with E-state index in [0.717, 1.165) is 12.0 Å². The summed E-state index contributed by atoms with van der Waals surface area (Å²) in [5.41, 5.74) is 0.924. The molecule has 0 radical (unpaired) electrons. The predicted molar refractivity (Wildman–Crippen MR) is 67.3 cm³/mol. The van der Waals surface area contributed by atoms with Crippen molar-refractivity contribution in [1.29, 1.82) is 5.26 Å². The molecular formula is C13H16ClFN2. The van der Waals surface area contributed by atoms with E-state index in [0.29, 0.717) is 6.42 Å². The first-order valence-corrected chi connectivity index (χ1v) is 6.04. The minimum atomic E-state index is -0.410. The Morgan fingerprint density at radius 3 is 2.76 bits per heavy atom. The molecule has 1 rings (SSSR count). The molecule has 92 valence electrons. The second-order valence-electron chi connectivity index (χ2n) is 4.03. The van der Waals surface area contributed by atoms with E-state index >= 15 is 0 Å². The fraction of sp³-hybridized carbons (Fsp3) is 0.462. The molecule has 0 aliphatic rings. The summed E-state index contributed by atoms with van der Waals surface area (Å²) in [5.74, 6) is -0.410. The molecule has 0 saturated heterocycles. The van der Waals surface area contributed by atoms with Gasteiger partial charge in [0, 0.05) is 12.1 Å². The van der Waals surface area contributed by atoms with Crippen molar-refractivity contribution in [1.82, 2.24) is 5.32 Å². The molecule has 2 nitrogen and oxygen atoms in total. The number of nitrogens with one attached hydrogen (secondary N) is 1. The van der Waals surface area contributed by atoms with Gasteiger partial charge in [-0.3, -0.25) is 0 Å². The number of rotatable bonds is 5. The van der Waals surface area contributed by atoms with Crippen LogP contribution in [0.5, 0.6) is 0 Å². The molecule has 1 N–H and O–H groups in total. The van der Waals surface area contributed by atoms with Gasteiger partial charge in [0.2, 0.25) is 0 Å². The van der Waals surface area contributed by atoms with Crippen molar-refractivity contribution in [2.75, 3.05) is 0 Å². The SMILES string of the molecule is CCC(CC#N)NC(C)c1ccc(F)c(Cl)c1. The van der Waals surface area contributed by atoms with E-state index in [1.165, 1.54) is 6.07 Å². The smallest absolute Gasteiger partial charge is 0.141 e. The van der Waals surface area contributed by atoms with Crippen LogP contribution in [0.1, 0.15) is 38.3 Å². The van der Waals surface area contributed by atoms with Gasteiger partial charge in [0.05, 0.1) is 17.5 Å². The quantitative estimate of drug-likeness (QED) is 0.867. The van der Waals surface area contributed by atoms with Gasteiger partial charge in [-0.05, 0) is 31.0 Å². The zero-order valence-electron chi connectivity index (χ0n) is 10.0. The van der Waals surface area contributed by atoms with E-state index in [4.69, 9.17) is 16.9 Å². The van der Waals surface area contributed by atoms with Gasteiger partial charge in [0.25, 0.3) is 0 Å². The minimum absolute atomic E-state index is 0.0476. The van der Waals surface area contributed by atoms with Crippen LogP contribution < -0.4 is 5.32 Å². The molecule has 2 unspecified atom stereocenters. The average Bonchev–Trinajstić information content (AvgIpc) is 2.31. The normalized spacial score (nSPS) is 14.1. The van der Waals surface area contributed by atoms with Crippen molar-refractivity contribution < 1.29 is 4.39 Å². The standard InChI is InChI=1S/C13H16ClFN2/c1-3-11(6-7-16)17-9(2)10-4-5-13(15)12(14)8-10/h4-5,8-9,11,17H,3,6H2,1-2H3. The van der Waals surface area contributed by atoms with Crippen molar-refractivity contribution in [3.05, 3.63) is 34.6 Å². The van der Waals surface area contributed by atoms with Gasteiger partial charge < -0.3 is 5.32 Å². The molecule has 0 aromatic heterocycles. The molecule has 0 spiro atoms. The van der Waals surface area contributed by atoms with Crippen LogP contribution >= 0.6 is 11.6 Å². The summed E-state index contributed by atoms with van der Waals surface area (Å²) in [6.45, 7) is 4.00. The van der Waals surface area contributed by atoms with Gasteiger partial charge in [0.1, 0.15) is 5.82 Å². The van der Waals surface area contributed by atoms with Gasteiger partial charge in [0.15, 0.2) is 0 Å². The molecule has 0 aliphatic heterocycles. The van der Waals surface area contributed by atoms with Gasteiger partial charge >= 0.3 is 0 Å². The number of halogens is 2. The number of benzene rings is 1. The predicted octanol–water partition coefficient (Wildman–Crippen LogP) is 3.82. The maximum atomic E-state index is 13.0. The molecule has 0 fully saturated rings. The molecule has 0 saturated carbocycles. The van der Waals surface area contributed by atoms with Crippen LogP contribution in [0.25, 0.3) is 0 Å². The van der Waals surface area contributed by atoms with E-state index in [9.17, 15) is 4.39 Å². The molecule has 0 aliphatic carbocycles. The minimum Gasteiger partial charge on any atom is -0.306 e. The lowest BCUT2D eigenvalue weighted by atomic mass is 10.1. The van der Waals surface area contributed by atoms with Gasteiger partial charge in [-0.25, -0.2) is 4.39 Å². The second kappa shape index (κ2) is 6.58. The van der Waals surface area contributed by atoms with Crippen LogP contribution in [-0.2, 0) is 0 Å². The van der Waals surface area contributed by atoms with Crippen molar-refractivity contribution in [2.24, 2.45) is 0 Å². The molecule has 0 amide bonds. The fourth-order valence-electron chi connectivity index (χ4n) is 1.66. The summed E-state index contributed by atoms with van der Waals surface area (Å²) in [7, 11) is 0. The van der Waals surface area contributed by atoms with E-state index in [2.05, 4.69) is 11.4 Å². The van der Waals surface area contributed by atoms with Crippen molar-refractivity contribution in [2.45, 2.75) is 38.8 Å². The number of nitriles is 1. The van der Waals surface area contributed by atoms with E-state index < -0.39 is 5.82 Å². The summed E-state index contributed by atoms with van der Waals surface area (Å²) >= 11 is 5.73. The molecule has 0 bridgehead atoms. The topological polar surface area (TPSA) is 35.8 Å². The van der Waals surface area contributed by atoms with Crippen molar-refractivity contribution in [3.63, 3.8) is 0 Å². The first-order chi connectivity index (χ1) is 8.08. The Balaban J connectivity index is 2.72. The first-order valence-electron chi connectivity index (χ1n) is 5.66. The summed E-state index contributed by atoms with van der Waals surface area (Å²) < 4.78 is 13.0. The number of hydrogen-bond acceptors (Lipinski definition) is 2. The Morgan fingerprint density at radius 1 is 1.53 bits per heavy atom. The van der Waals surface area contributed by atoms with Crippen LogP contribution in [0, 0.1) is 17.1 Å². The van der Waals surface area contributed by atoms with E-state index in [1.54, 1.807) is 12.1 Å². The average molecular weight is 255 g/mol. The third kappa shape index (κ3) is 3.99. The highest BCUT2D eigenvalue weighted by Crippen LogP contribution is 2.21. The highest BCUT2D eigenvalue weighted by Gasteiger charge is 2.12. The van der Waals surface area contributed by atoms with Gasteiger partial charge in [-0.2, -0.15) is 5.26 Å². The molecule has 1 aromatic rings. The molecule has 1 aromatic carbocycles. The molecule has 2 atom stereocenters. The molecule has 17 heavy (non-hydrogen) atoms. The Bertz CT molecular complexity index is 414. The summed E-state index contributed by atoms with van der Waals surface area (Å²) in [5, 5.41) is 12.1. The molecule has 0 heterocycles. The molecular weight excluding hydrogens is 239 g/mol. The van der Waals surface area contributed by atoms with E-state index in [-0.39, 0.29) is 17.1 Å².